The van der Waals surface area contributed by atoms with Crippen LogP contribution in [0.15, 0.2) is 60.7 Å². The molecular weight excluding hydrogens is 352 g/mol. The fraction of sp³-hybridized carbons (Fsp3) is 0.391. The van der Waals surface area contributed by atoms with Crippen LogP contribution in [-0.2, 0) is 16.1 Å². The number of hydrogen-bond donors (Lipinski definition) is 1. The van der Waals surface area contributed by atoms with Gasteiger partial charge in [0.05, 0.1) is 0 Å². The lowest BCUT2D eigenvalue weighted by Crippen LogP contribution is -2.50. The van der Waals surface area contributed by atoms with Gasteiger partial charge in [0.1, 0.15) is 11.8 Å². The highest BCUT2D eigenvalue weighted by molar-refractivity contribution is 5.88. The molecule has 2 aromatic carbocycles. The molecule has 0 bridgehead atoms. The van der Waals surface area contributed by atoms with Crippen LogP contribution in [-0.4, -0.2) is 35.4 Å². The van der Waals surface area contributed by atoms with Gasteiger partial charge >= 0.3 is 0 Å². The van der Waals surface area contributed by atoms with Gasteiger partial charge in [0.2, 0.25) is 5.91 Å². The molecule has 2 aromatic rings. The molecule has 0 heterocycles. The van der Waals surface area contributed by atoms with E-state index in [1.807, 2.05) is 60.7 Å². The molecular formula is C23H28N2O3. The fourth-order valence-corrected chi connectivity index (χ4v) is 3.50. The lowest BCUT2D eigenvalue weighted by Gasteiger charge is -2.29. The monoisotopic (exact) mass is 380 g/mol. The zero-order chi connectivity index (χ0) is 19.8. The number of carbonyl (C=O) groups is 2. The normalized spacial score (nSPS) is 15.0. The molecule has 1 aliphatic carbocycles. The van der Waals surface area contributed by atoms with Gasteiger partial charge in [0, 0.05) is 12.6 Å². The number of nitrogens with zero attached hydrogens (tertiary/aromatic N) is 1. The lowest BCUT2D eigenvalue weighted by atomic mass is 10.1. The summed E-state index contributed by atoms with van der Waals surface area (Å²) < 4.78 is 5.63. The Bertz CT molecular complexity index is 758. The van der Waals surface area contributed by atoms with Gasteiger partial charge in [-0.15, -0.1) is 0 Å². The van der Waals surface area contributed by atoms with Crippen LogP contribution in [0.1, 0.15) is 38.2 Å². The van der Waals surface area contributed by atoms with Crippen molar-refractivity contribution >= 4 is 11.8 Å². The van der Waals surface area contributed by atoms with Crippen LogP contribution in [0.2, 0.25) is 0 Å². The number of ether oxygens (including phenoxy) is 1. The number of rotatable bonds is 8. The number of para-hydroxylation sites is 1. The summed E-state index contributed by atoms with van der Waals surface area (Å²) in [6, 6.07) is 18.6. The van der Waals surface area contributed by atoms with Crippen LogP contribution in [0.4, 0.5) is 0 Å². The molecule has 1 N–H and O–H groups in total. The first-order chi connectivity index (χ1) is 13.6. The van der Waals surface area contributed by atoms with Crippen LogP contribution in [0.3, 0.4) is 0 Å². The van der Waals surface area contributed by atoms with Crippen molar-refractivity contribution in [3.05, 3.63) is 66.2 Å². The largest absolute Gasteiger partial charge is 0.484 e. The molecule has 1 fully saturated rings. The summed E-state index contributed by atoms with van der Waals surface area (Å²) in [5.41, 5.74) is 0.982. The Labute approximate surface area is 166 Å². The molecule has 0 spiro atoms. The molecule has 148 valence electrons. The summed E-state index contributed by atoms with van der Waals surface area (Å²) in [4.78, 5) is 27.3. The van der Waals surface area contributed by atoms with Crippen molar-refractivity contribution in [1.29, 1.82) is 0 Å². The van der Waals surface area contributed by atoms with E-state index in [9.17, 15) is 9.59 Å². The third-order valence-corrected chi connectivity index (χ3v) is 5.17. The van der Waals surface area contributed by atoms with Gasteiger partial charge < -0.3 is 15.0 Å². The van der Waals surface area contributed by atoms with E-state index in [1.54, 1.807) is 11.8 Å². The zero-order valence-corrected chi connectivity index (χ0v) is 16.3. The maximum atomic E-state index is 12.9. The molecule has 5 nitrogen and oxygen atoms in total. The summed E-state index contributed by atoms with van der Waals surface area (Å²) in [7, 11) is 0. The van der Waals surface area contributed by atoms with Crippen LogP contribution in [0, 0.1) is 0 Å². The molecule has 5 heteroatoms. The second-order valence-corrected chi connectivity index (χ2v) is 7.27. The first-order valence-corrected chi connectivity index (χ1v) is 9.95. The van der Waals surface area contributed by atoms with Crippen molar-refractivity contribution in [3.8, 4) is 5.75 Å². The molecule has 0 aliphatic heterocycles. The van der Waals surface area contributed by atoms with Gasteiger partial charge in [0.15, 0.2) is 6.61 Å². The van der Waals surface area contributed by atoms with E-state index in [2.05, 4.69) is 5.32 Å². The average Bonchev–Trinajstić information content (AvgIpc) is 3.24. The third-order valence-electron chi connectivity index (χ3n) is 5.17. The van der Waals surface area contributed by atoms with Gasteiger partial charge in [-0.2, -0.15) is 0 Å². The molecule has 2 amide bonds. The number of nitrogens with one attached hydrogen (secondary N) is 1. The SMILES string of the molecule is C[C@@H](C(=O)NC1CCCC1)N(Cc1ccccc1)C(=O)COc1ccccc1. The predicted octanol–water partition coefficient (Wildman–Crippen LogP) is 3.54. The first-order valence-electron chi connectivity index (χ1n) is 9.95. The Hall–Kier alpha value is -2.82. The van der Waals surface area contributed by atoms with Crippen LogP contribution >= 0.6 is 0 Å². The topological polar surface area (TPSA) is 58.6 Å². The first kappa shape index (κ1) is 19.9. The Kier molecular flexibility index (Phi) is 7.06. The predicted molar refractivity (Wildman–Crippen MR) is 109 cm³/mol. The van der Waals surface area contributed by atoms with E-state index < -0.39 is 6.04 Å². The summed E-state index contributed by atoms with van der Waals surface area (Å²) in [6.45, 7) is 2.06. The van der Waals surface area contributed by atoms with Gasteiger partial charge in [-0.3, -0.25) is 9.59 Å². The van der Waals surface area contributed by atoms with Crippen molar-refractivity contribution < 1.29 is 14.3 Å². The number of hydrogen-bond acceptors (Lipinski definition) is 3. The van der Waals surface area contributed by atoms with Gasteiger partial charge in [-0.25, -0.2) is 0 Å². The third kappa shape index (κ3) is 5.59. The van der Waals surface area contributed by atoms with E-state index in [0.717, 1.165) is 31.2 Å². The maximum absolute atomic E-state index is 12.9. The van der Waals surface area contributed by atoms with E-state index >= 15 is 0 Å². The Balaban J connectivity index is 1.67. The van der Waals surface area contributed by atoms with Crippen molar-refractivity contribution in [2.75, 3.05) is 6.61 Å². The summed E-state index contributed by atoms with van der Waals surface area (Å²) in [5.74, 6) is 0.330. The second kappa shape index (κ2) is 9.93. The zero-order valence-electron chi connectivity index (χ0n) is 16.3. The van der Waals surface area contributed by atoms with E-state index in [-0.39, 0.29) is 24.5 Å². The summed E-state index contributed by atoms with van der Waals surface area (Å²) in [6.07, 6.45) is 4.33. The molecule has 0 radical (unpaired) electrons. The van der Waals surface area contributed by atoms with Crippen LogP contribution in [0.25, 0.3) is 0 Å². The van der Waals surface area contributed by atoms with Crippen LogP contribution in [0.5, 0.6) is 5.75 Å². The van der Waals surface area contributed by atoms with Crippen LogP contribution < -0.4 is 10.1 Å². The van der Waals surface area contributed by atoms with Gasteiger partial charge in [0.25, 0.3) is 5.91 Å². The maximum Gasteiger partial charge on any atom is 0.261 e. The minimum atomic E-state index is -0.562. The highest BCUT2D eigenvalue weighted by atomic mass is 16.5. The van der Waals surface area contributed by atoms with Crippen molar-refractivity contribution in [2.45, 2.75) is 51.2 Å². The Morgan fingerprint density at radius 1 is 1.04 bits per heavy atom. The van der Waals surface area contributed by atoms with Gasteiger partial charge in [-0.1, -0.05) is 61.4 Å². The second-order valence-electron chi connectivity index (χ2n) is 7.27. The Morgan fingerprint density at radius 2 is 1.64 bits per heavy atom. The lowest BCUT2D eigenvalue weighted by molar-refractivity contribution is -0.142. The number of amides is 2. The molecule has 1 atom stereocenters. The summed E-state index contributed by atoms with van der Waals surface area (Å²) in [5, 5.41) is 3.10. The number of benzene rings is 2. The van der Waals surface area contributed by atoms with E-state index in [0.29, 0.717) is 12.3 Å². The standard InChI is InChI=1S/C23H28N2O3/c1-18(23(27)24-20-12-8-9-13-20)25(16-19-10-4-2-5-11-19)22(26)17-28-21-14-6-3-7-15-21/h2-7,10-11,14-15,18,20H,8-9,12-13,16-17H2,1H3,(H,24,27)/t18-/m0/s1. The Morgan fingerprint density at radius 3 is 2.29 bits per heavy atom. The molecule has 0 aromatic heterocycles. The quantitative estimate of drug-likeness (QED) is 0.762. The minimum absolute atomic E-state index is 0.0993. The van der Waals surface area contributed by atoms with Crippen molar-refractivity contribution in [2.24, 2.45) is 0 Å². The van der Waals surface area contributed by atoms with Gasteiger partial charge in [-0.05, 0) is 37.5 Å². The van der Waals surface area contributed by atoms with E-state index in [1.165, 1.54) is 0 Å². The average molecular weight is 380 g/mol. The van der Waals surface area contributed by atoms with Crippen molar-refractivity contribution in [3.63, 3.8) is 0 Å². The smallest absolute Gasteiger partial charge is 0.261 e. The molecule has 28 heavy (non-hydrogen) atoms. The molecule has 1 aliphatic rings. The highest BCUT2D eigenvalue weighted by Crippen LogP contribution is 2.18. The number of carbonyl (C=O) groups excluding carboxylic acids is 2. The summed E-state index contributed by atoms with van der Waals surface area (Å²) >= 11 is 0. The molecule has 3 rings (SSSR count). The molecule has 1 saturated carbocycles. The van der Waals surface area contributed by atoms with E-state index in [4.69, 9.17) is 4.74 Å². The fourth-order valence-electron chi connectivity index (χ4n) is 3.50. The highest BCUT2D eigenvalue weighted by Gasteiger charge is 2.28. The molecule has 0 saturated heterocycles. The van der Waals surface area contributed by atoms with Crippen molar-refractivity contribution in [1.82, 2.24) is 10.2 Å². The molecule has 0 unspecified atom stereocenters. The minimum Gasteiger partial charge on any atom is -0.484 e.